The minimum atomic E-state index is -1.03. The summed E-state index contributed by atoms with van der Waals surface area (Å²) >= 11 is 0. The van der Waals surface area contributed by atoms with Gasteiger partial charge in [0, 0.05) is 25.4 Å². The van der Waals surface area contributed by atoms with Crippen molar-refractivity contribution < 1.29 is 24.2 Å². The Bertz CT molecular complexity index is 1100. The number of nitrogens with one attached hydrogen (secondary N) is 1. The molecule has 0 bridgehead atoms. The number of amides is 2. The van der Waals surface area contributed by atoms with Gasteiger partial charge < -0.3 is 20.1 Å². The number of alkyl carbamates (subject to hydrolysis) is 1. The molecule has 7 nitrogen and oxygen atoms in total. The van der Waals surface area contributed by atoms with Crippen molar-refractivity contribution in [3.8, 4) is 11.1 Å². The zero-order chi connectivity index (χ0) is 24.6. The molecule has 0 heterocycles. The quantitative estimate of drug-likeness (QED) is 0.611. The number of carboxylic acids is 1. The van der Waals surface area contributed by atoms with Gasteiger partial charge in [0.15, 0.2) is 0 Å². The predicted octanol–water partition coefficient (Wildman–Crippen LogP) is 4.55. The second-order valence-electron chi connectivity index (χ2n) is 10.2. The number of carbonyl (C=O) groups excluding carboxylic acids is 2. The largest absolute Gasteiger partial charge is 0.479 e. The van der Waals surface area contributed by atoms with E-state index in [9.17, 15) is 19.5 Å². The number of hydrogen-bond acceptors (Lipinski definition) is 4. The Morgan fingerprint density at radius 3 is 2.23 bits per heavy atom. The lowest BCUT2D eigenvalue weighted by molar-refractivity contribution is -0.164. The van der Waals surface area contributed by atoms with Crippen molar-refractivity contribution in [1.29, 1.82) is 0 Å². The van der Waals surface area contributed by atoms with Crippen molar-refractivity contribution in [3.63, 3.8) is 0 Å². The Kier molecular flexibility index (Phi) is 6.26. The first-order valence-corrected chi connectivity index (χ1v) is 12.5. The van der Waals surface area contributed by atoms with Crippen molar-refractivity contribution in [2.75, 3.05) is 13.7 Å². The van der Waals surface area contributed by atoms with Crippen LogP contribution in [0.1, 0.15) is 62.0 Å². The van der Waals surface area contributed by atoms with E-state index in [4.69, 9.17) is 4.74 Å². The number of hydrogen-bond donors (Lipinski definition) is 2. The fourth-order valence-corrected chi connectivity index (χ4v) is 6.03. The van der Waals surface area contributed by atoms with Crippen molar-refractivity contribution in [2.45, 2.75) is 62.4 Å². The van der Waals surface area contributed by atoms with Crippen LogP contribution in [0, 0.1) is 5.92 Å². The molecule has 0 saturated heterocycles. The van der Waals surface area contributed by atoms with E-state index in [2.05, 4.69) is 29.6 Å². The number of carboxylic acid groups (broad SMARTS) is 1. The Morgan fingerprint density at radius 2 is 1.66 bits per heavy atom. The summed E-state index contributed by atoms with van der Waals surface area (Å²) in [6.07, 6.45) is 4.06. The van der Waals surface area contributed by atoms with E-state index in [-0.39, 0.29) is 30.4 Å². The lowest BCUT2D eigenvalue weighted by Gasteiger charge is -2.45. The van der Waals surface area contributed by atoms with Crippen molar-refractivity contribution >= 4 is 18.0 Å². The molecule has 35 heavy (non-hydrogen) atoms. The highest BCUT2D eigenvalue weighted by molar-refractivity contribution is 5.88. The van der Waals surface area contributed by atoms with E-state index >= 15 is 0 Å². The number of aliphatic carboxylic acids is 1. The van der Waals surface area contributed by atoms with Gasteiger partial charge in [0.2, 0.25) is 5.91 Å². The summed E-state index contributed by atoms with van der Waals surface area (Å²) in [5, 5.41) is 12.6. The van der Waals surface area contributed by atoms with Crippen LogP contribution >= 0.6 is 0 Å². The maximum Gasteiger partial charge on any atom is 0.407 e. The van der Waals surface area contributed by atoms with Gasteiger partial charge in [0.1, 0.15) is 12.1 Å². The fraction of sp³-hybridized carbons (Fsp3) is 0.464. The van der Waals surface area contributed by atoms with Crippen molar-refractivity contribution in [2.24, 2.45) is 5.92 Å². The van der Waals surface area contributed by atoms with E-state index in [1.165, 1.54) is 27.2 Å². The molecule has 2 fully saturated rings. The molecule has 5 rings (SSSR count). The average Bonchev–Trinajstić information content (AvgIpc) is 3.38. The van der Waals surface area contributed by atoms with Gasteiger partial charge in [-0.05, 0) is 66.7 Å². The van der Waals surface area contributed by atoms with Gasteiger partial charge in [-0.15, -0.1) is 0 Å². The molecule has 0 radical (unpaired) electrons. The maximum atomic E-state index is 12.8. The molecule has 184 valence electrons. The molecule has 2 aromatic rings. The van der Waals surface area contributed by atoms with Gasteiger partial charge in [-0.2, -0.15) is 0 Å². The summed E-state index contributed by atoms with van der Waals surface area (Å²) in [6.45, 7) is 0.274. The van der Waals surface area contributed by atoms with Crippen LogP contribution < -0.4 is 5.32 Å². The van der Waals surface area contributed by atoms with Crippen molar-refractivity contribution in [3.05, 3.63) is 59.7 Å². The van der Waals surface area contributed by atoms with E-state index in [0.29, 0.717) is 25.7 Å². The van der Waals surface area contributed by atoms with Crippen LogP contribution in [0.4, 0.5) is 4.79 Å². The molecular formula is C28H32N2O5. The number of nitrogens with zero attached hydrogens (tertiary/aromatic N) is 1. The minimum absolute atomic E-state index is 0.0192. The summed E-state index contributed by atoms with van der Waals surface area (Å²) in [6, 6.07) is 16.4. The molecular weight excluding hydrogens is 444 g/mol. The smallest absolute Gasteiger partial charge is 0.407 e. The number of fused-ring (bicyclic) bond motifs is 3. The average molecular weight is 477 g/mol. The molecule has 3 aliphatic carbocycles. The van der Waals surface area contributed by atoms with Gasteiger partial charge in [-0.1, -0.05) is 48.5 Å². The monoisotopic (exact) mass is 476 g/mol. The molecule has 0 aromatic heterocycles. The number of rotatable bonds is 7. The van der Waals surface area contributed by atoms with E-state index in [0.717, 1.165) is 19.3 Å². The van der Waals surface area contributed by atoms with E-state index in [1.54, 1.807) is 7.05 Å². The molecule has 0 spiro atoms. The summed E-state index contributed by atoms with van der Waals surface area (Å²) in [5.41, 5.74) is 3.70. The zero-order valence-electron chi connectivity index (χ0n) is 20.0. The molecule has 2 saturated carbocycles. The number of carbonyl (C=O) groups is 3. The number of benzene rings is 2. The first kappa shape index (κ1) is 23.4. The van der Waals surface area contributed by atoms with Crippen LogP contribution in [0.2, 0.25) is 0 Å². The minimum Gasteiger partial charge on any atom is -0.479 e. The van der Waals surface area contributed by atoms with Gasteiger partial charge >= 0.3 is 12.1 Å². The van der Waals surface area contributed by atoms with E-state index < -0.39 is 17.6 Å². The second kappa shape index (κ2) is 9.36. The Hall–Kier alpha value is -3.35. The number of ether oxygens (including phenoxy) is 1. The first-order chi connectivity index (χ1) is 16.9. The lowest BCUT2D eigenvalue weighted by Crippen LogP contribution is -2.59. The van der Waals surface area contributed by atoms with Gasteiger partial charge in [0.05, 0.1) is 0 Å². The highest BCUT2D eigenvalue weighted by Crippen LogP contribution is 2.44. The highest BCUT2D eigenvalue weighted by Gasteiger charge is 2.50. The zero-order valence-corrected chi connectivity index (χ0v) is 20.0. The second-order valence-corrected chi connectivity index (χ2v) is 10.2. The van der Waals surface area contributed by atoms with Crippen LogP contribution in [-0.2, 0) is 14.3 Å². The number of likely N-dealkylation sites (N-methyl/N-ethyl adjacent to an activating group) is 1. The summed E-state index contributed by atoms with van der Waals surface area (Å²) in [4.78, 5) is 38.5. The summed E-state index contributed by atoms with van der Waals surface area (Å²) < 4.78 is 5.66. The van der Waals surface area contributed by atoms with Crippen LogP contribution in [0.5, 0.6) is 0 Å². The van der Waals surface area contributed by atoms with Gasteiger partial charge in [-0.25, -0.2) is 9.59 Å². The van der Waals surface area contributed by atoms with Crippen LogP contribution in [0.3, 0.4) is 0 Å². The normalized spacial score (nSPS) is 22.0. The topological polar surface area (TPSA) is 95.9 Å². The predicted molar refractivity (Wildman–Crippen MR) is 131 cm³/mol. The first-order valence-electron chi connectivity index (χ1n) is 12.5. The molecule has 3 aliphatic rings. The third kappa shape index (κ3) is 4.28. The Morgan fingerprint density at radius 1 is 1.03 bits per heavy atom. The molecule has 7 heteroatoms. The maximum absolute atomic E-state index is 12.8. The lowest BCUT2D eigenvalue weighted by atomic mass is 9.75. The third-order valence-electron chi connectivity index (χ3n) is 8.27. The molecule has 2 aromatic carbocycles. The standard InChI is InChI=1S/C28H32N2O5/c1-30(28(26(32)33)13-6-14-28)25(31)16-18-11-12-19(15-18)29-27(34)35-17-24-22-9-4-2-7-20(22)21-8-3-5-10-23(21)24/h2-5,7-10,18-19,24H,6,11-17H2,1H3,(H,29,34)(H,32,33)/t18-,19+/m1/s1. The molecule has 0 aliphatic heterocycles. The Labute approximate surface area is 205 Å². The molecule has 2 amide bonds. The van der Waals surface area contributed by atoms with Gasteiger partial charge in [-0.3, -0.25) is 4.79 Å². The molecule has 2 atom stereocenters. The SMILES string of the molecule is CN(C(=O)C[C@@H]1CC[C@H](NC(=O)OCC2c3ccccc3-c3ccccc32)C1)C1(C(=O)O)CCC1. The fourth-order valence-electron chi connectivity index (χ4n) is 6.03. The van der Waals surface area contributed by atoms with Crippen LogP contribution in [0.15, 0.2) is 48.5 Å². The Balaban J connectivity index is 1.12. The summed E-state index contributed by atoms with van der Waals surface area (Å²) in [7, 11) is 1.61. The van der Waals surface area contributed by atoms with E-state index in [1.807, 2.05) is 24.3 Å². The van der Waals surface area contributed by atoms with Crippen molar-refractivity contribution in [1.82, 2.24) is 10.2 Å². The molecule has 2 N–H and O–H groups in total. The highest BCUT2D eigenvalue weighted by atomic mass is 16.5. The third-order valence-corrected chi connectivity index (χ3v) is 8.27. The van der Waals surface area contributed by atoms with Gasteiger partial charge in [0.25, 0.3) is 0 Å². The van der Waals surface area contributed by atoms with Crippen LogP contribution in [-0.4, -0.2) is 53.2 Å². The van der Waals surface area contributed by atoms with Crippen LogP contribution in [0.25, 0.3) is 11.1 Å². The summed E-state index contributed by atoms with van der Waals surface area (Å²) in [5.74, 6) is -0.889. The molecule has 0 unspecified atom stereocenters.